The predicted octanol–water partition coefficient (Wildman–Crippen LogP) is 1.98. The number of nitrogen functional groups attached to an aromatic ring is 1. The molecule has 98 valence electrons. The molecule has 0 amide bonds. The summed E-state index contributed by atoms with van der Waals surface area (Å²) >= 11 is 0. The van der Waals surface area contributed by atoms with Crippen molar-refractivity contribution >= 4 is 30.6 Å². The highest BCUT2D eigenvalue weighted by Gasteiger charge is 2.19. The van der Waals surface area contributed by atoms with Gasteiger partial charge in [-0.15, -0.1) is 24.8 Å². The molecule has 1 aliphatic heterocycles. The first-order chi connectivity index (χ1) is 7.31. The summed E-state index contributed by atoms with van der Waals surface area (Å²) < 4.78 is 5.34. The molecule has 6 heteroatoms. The van der Waals surface area contributed by atoms with Crippen molar-refractivity contribution in [2.75, 3.05) is 25.9 Å². The maximum atomic E-state index is 5.63. The minimum absolute atomic E-state index is 0. The van der Waals surface area contributed by atoms with Crippen LogP contribution >= 0.6 is 24.8 Å². The van der Waals surface area contributed by atoms with Crippen LogP contribution in [-0.4, -0.2) is 25.2 Å². The molecule has 0 atom stereocenters. The van der Waals surface area contributed by atoms with Crippen molar-refractivity contribution in [3.63, 3.8) is 0 Å². The van der Waals surface area contributed by atoms with E-state index in [1.165, 1.54) is 5.56 Å². The summed E-state index contributed by atoms with van der Waals surface area (Å²) in [6.45, 7) is 2.14. The average molecular weight is 280 g/mol. The van der Waals surface area contributed by atoms with Crippen molar-refractivity contribution < 1.29 is 4.74 Å². The van der Waals surface area contributed by atoms with E-state index in [1.54, 1.807) is 13.2 Å². The van der Waals surface area contributed by atoms with Gasteiger partial charge in [0.05, 0.1) is 7.11 Å². The van der Waals surface area contributed by atoms with Crippen LogP contribution in [0.15, 0.2) is 12.3 Å². The lowest BCUT2D eigenvalue weighted by Gasteiger charge is -2.24. The number of anilines is 1. The van der Waals surface area contributed by atoms with E-state index in [0.717, 1.165) is 31.7 Å². The molecule has 1 fully saturated rings. The van der Waals surface area contributed by atoms with Crippen LogP contribution in [0.25, 0.3) is 0 Å². The SMILES string of the molecule is COc1cc(N)ncc1C1CCNCC1.Cl.Cl. The summed E-state index contributed by atoms with van der Waals surface area (Å²) in [7, 11) is 1.68. The average Bonchev–Trinajstić information content (AvgIpc) is 2.30. The normalized spacial score (nSPS) is 15.6. The van der Waals surface area contributed by atoms with Crippen molar-refractivity contribution in [2.24, 2.45) is 0 Å². The molecule has 1 saturated heterocycles. The van der Waals surface area contributed by atoms with Gasteiger partial charge in [-0.3, -0.25) is 0 Å². The second kappa shape index (κ2) is 7.58. The highest BCUT2D eigenvalue weighted by atomic mass is 35.5. The topological polar surface area (TPSA) is 60.2 Å². The smallest absolute Gasteiger partial charge is 0.127 e. The number of piperidine rings is 1. The summed E-state index contributed by atoms with van der Waals surface area (Å²) in [6, 6.07) is 1.80. The quantitative estimate of drug-likeness (QED) is 0.869. The molecule has 3 N–H and O–H groups in total. The van der Waals surface area contributed by atoms with Gasteiger partial charge < -0.3 is 15.8 Å². The van der Waals surface area contributed by atoms with E-state index in [9.17, 15) is 0 Å². The summed E-state index contributed by atoms with van der Waals surface area (Å²) in [4.78, 5) is 4.14. The molecule has 4 nitrogen and oxygen atoms in total. The first kappa shape index (κ1) is 16.3. The van der Waals surface area contributed by atoms with E-state index in [-0.39, 0.29) is 24.8 Å². The number of methoxy groups -OCH3 is 1. The molecular weight excluding hydrogens is 261 g/mol. The lowest BCUT2D eigenvalue weighted by Crippen LogP contribution is -2.26. The molecule has 0 bridgehead atoms. The van der Waals surface area contributed by atoms with Gasteiger partial charge in [0.15, 0.2) is 0 Å². The fraction of sp³-hybridized carbons (Fsp3) is 0.545. The molecule has 1 aromatic heterocycles. The van der Waals surface area contributed by atoms with E-state index >= 15 is 0 Å². The van der Waals surface area contributed by atoms with E-state index in [4.69, 9.17) is 10.5 Å². The van der Waals surface area contributed by atoms with Gasteiger partial charge >= 0.3 is 0 Å². The Hall–Kier alpha value is -0.710. The van der Waals surface area contributed by atoms with E-state index < -0.39 is 0 Å². The molecule has 0 unspecified atom stereocenters. The van der Waals surface area contributed by atoms with Crippen molar-refractivity contribution in [1.29, 1.82) is 0 Å². The standard InChI is InChI=1S/C11H17N3O.2ClH/c1-15-10-6-11(12)14-7-9(10)8-2-4-13-5-3-8;;/h6-8,13H,2-5H2,1H3,(H2,12,14);2*1H. The Kier molecular flexibility index (Phi) is 7.27. The summed E-state index contributed by atoms with van der Waals surface area (Å²) in [5.41, 5.74) is 6.82. The predicted molar refractivity (Wildman–Crippen MR) is 74.5 cm³/mol. The van der Waals surface area contributed by atoms with Crippen molar-refractivity contribution in [3.05, 3.63) is 17.8 Å². The second-order valence-electron chi connectivity index (χ2n) is 3.88. The molecule has 1 aromatic rings. The van der Waals surface area contributed by atoms with Gasteiger partial charge in [0.25, 0.3) is 0 Å². The summed E-state index contributed by atoms with van der Waals surface area (Å²) in [5, 5.41) is 3.35. The van der Waals surface area contributed by atoms with Crippen LogP contribution in [0.2, 0.25) is 0 Å². The lowest BCUT2D eigenvalue weighted by atomic mass is 9.91. The molecule has 0 saturated carbocycles. The van der Waals surface area contributed by atoms with Crippen LogP contribution in [-0.2, 0) is 0 Å². The molecule has 0 radical (unpaired) electrons. The summed E-state index contributed by atoms with van der Waals surface area (Å²) in [6.07, 6.45) is 4.13. The number of hydrogen-bond acceptors (Lipinski definition) is 4. The van der Waals surface area contributed by atoms with Crippen molar-refractivity contribution in [1.82, 2.24) is 10.3 Å². The van der Waals surface area contributed by atoms with Gasteiger partial charge in [-0.05, 0) is 31.8 Å². The van der Waals surface area contributed by atoms with Crippen LogP contribution < -0.4 is 15.8 Å². The van der Waals surface area contributed by atoms with E-state index in [2.05, 4.69) is 10.3 Å². The van der Waals surface area contributed by atoms with Gasteiger partial charge in [0.2, 0.25) is 0 Å². The Morgan fingerprint density at radius 2 is 2.00 bits per heavy atom. The van der Waals surface area contributed by atoms with Crippen LogP contribution in [0.4, 0.5) is 5.82 Å². The zero-order valence-corrected chi connectivity index (χ0v) is 11.4. The minimum Gasteiger partial charge on any atom is -0.496 e. The highest BCUT2D eigenvalue weighted by Crippen LogP contribution is 2.32. The number of ether oxygens (including phenoxy) is 1. The third kappa shape index (κ3) is 3.91. The zero-order valence-electron chi connectivity index (χ0n) is 9.81. The summed E-state index contributed by atoms with van der Waals surface area (Å²) in [5.74, 6) is 1.94. The minimum atomic E-state index is 0. The number of aromatic nitrogens is 1. The first-order valence-electron chi connectivity index (χ1n) is 5.31. The number of hydrogen-bond donors (Lipinski definition) is 2. The highest BCUT2D eigenvalue weighted by molar-refractivity contribution is 5.85. The lowest BCUT2D eigenvalue weighted by molar-refractivity contribution is 0.391. The Bertz CT molecular complexity index is 343. The Morgan fingerprint density at radius 3 is 2.59 bits per heavy atom. The van der Waals surface area contributed by atoms with Crippen molar-refractivity contribution in [3.8, 4) is 5.75 Å². The first-order valence-corrected chi connectivity index (χ1v) is 5.31. The number of pyridine rings is 1. The third-order valence-electron chi connectivity index (χ3n) is 2.92. The monoisotopic (exact) mass is 279 g/mol. The fourth-order valence-electron chi connectivity index (χ4n) is 2.08. The molecule has 17 heavy (non-hydrogen) atoms. The molecule has 0 aliphatic carbocycles. The Morgan fingerprint density at radius 1 is 1.35 bits per heavy atom. The Balaban J connectivity index is 0.00000128. The zero-order chi connectivity index (χ0) is 10.7. The molecular formula is C11H19Cl2N3O. The van der Waals surface area contributed by atoms with Gasteiger partial charge in [0, 0.05) is 17.8 Å². The van der Waals surface area contributed by atoms with E-state index in [1.807, 2.05) is 6.20 Å². The fourth-order valence-corrected chi connectivity index (χ4v) is 2.08. The van der Waals surface area contributed by atoms with Crippen LogP contribution in [0.5, 0.6) is 5.75 Å². The second-order valence-corrected chi connectivity index (χ2v) is 3.88. The maximum Gasteiger partial charge on any atom is 0.127 e. The van der Waals surface area contributed by atoms with Gasteiger partial charge in [0.1, 0.15) is 11.6 Å². The molecule has 0 spiro atoms. The maximum absolute atomic E-state index is 5.63. The molecule has 2 rings (SSSR count). The largest absolute Gasteiger partial charge is 0.496 e. The van der Waals surface area contributed by atoms with Gasteiger partial charge in [-0.2, -0.15) is 0 Å². The van der Waals surface area contributed by atoms with Gasteiger partial charge in [-0.1, -0.05) is 0 Å². The number of nitrogens with zero attached hydrogens (tertiary/aromatic N) is 1. The van der Waals surface area contributed by atoms with Crippen LogP contribution in [0, 0.1) is 0 Å². The third-order valence-corrected chi connectivity index (χ3v) is 2.92. The van der Waals surface area contributed by atoms with Gasteiger partial charge in [-0.25, -0.2) is 4.98 Å². The number of rotatable bonds is 2. The molecule has 2 heterocycles. The van der Waals surface area contributed by atoms with Crippen LogP contribution in [0.3, 0.4) is 0 Å². The van der Waals surface area contributed by atoms with Crippen molar-refractivity contribution in [2.45, 2.75) is 18.8 Å². The number of nitrogens with one attached hydrogen (secondary N) is 1. The molecule has 0 aromatic carbocycles. The van der Waals surface area contributed by atoms with Crippen LogP contribution in [0.1, 0.15) is 24.3 Å². The number of nitrogens with two attached hydrogens (primary N) is 1. The Labute approximate surface area is 114 Å². The number of halogens is 2. The molecule has 1 aliphatic rings. The van der Waals surface area contributed by atoms with E-state index in [0.29, 0.717) is 11.7 Å².